The van der Waals surface area contributed by atoms with Crippen LogP contribution in [0.5, 0.6) is 17.2 Å². The molecule has 1 heterocycles. The van der Waals surface area contributed by atoms with Crippen LogP contribution in [-0.2, 0) is 10.2 Å². The number of ether oxygens (including phenoxy) is 4. The van der Waals surface area contributed by atoms with Gasteiger partial charge in [-0.15, -0.1) is 0 Å². The minimum absolute atomic E-state index is 0.0123. The molecule has 0 spiro atoms. The molecule has 1 aromatic carbocycles. The molecular formula is C14H21NO4. The van der Waals surface area contributed by atoms with Crippen molar-refractivity contribution in [3.05, 3.63) is 17.7 Å². The number of likely N-dealkylation sites (N-methyl/N-ethyl adjacent to an activating group) is 1. The fourth-order valence-electron chi connectivity index (χ4n) is 2.44. The lowest BCUT2D eigenvalue weighted by atomic mass is 9.78. The molecule has 106 valence electrons. The molecule has 0 aromatic heterocycles. The molecule has 0 atom stereocenters. The summed E-state index contributed by atoms with van der Waals surface area (Å²) in [5.74, 6) is 1.98. The van der Waals surface area contributed by atoms with E-state index in [0.717, 1.165) is 12.1 Å². The summed E-state index contributed by atoms with van der Waals surface area (Å²) in [6.45, 7) is 2.25. The van der Waals surface area contributed by atoms with Gasteiger partial charge in [0.2, 0.25) is 5.75 Å². The highest BCUT2D eigenvalue weighted by Crippen LogP contribution is 2.43. The third kappa shape index (κ3) is 2.35. The summed E-state index contributed by atoms with van der Waals surface area (Å²) >= 11 is 0. The fraction of sp³-hybridized carbons (Fsp3) is 0.571. The number of nitrogens with one attached hydrogen (secondary N) is 1. The van der Waals surface area contributed by atoms with Crippen LogP contribution in [0.25, 0.3) is 0 Å². The SMILES string of the molecule is CNCC1(c2cc(OC)c(OC)c(OC)c2)COC1. The first-order valence-electron chi connectivity index (χ1n) is 6.23. The summed E-state index contributed by atoms with van der Waals surface area (Å²) < 4.78 is 21.5. The standard InChI is InChI=1S/C14H21NO4/c1-15-7-14(8-19-9-14)10-5-11(16-2)13(18-4)12(6-10)17-3/h5-6,15H,7-9H2,1-4H3. The average Bonchev–Trinajstić information content (AvgIpc) is 2.41. The molecule has 1 aliphatic rings. The van der Waals surface area contributed by atoms with Crippen LogP contribution in [-0.4, -0.2) is 48.1 Å². The molecule has 0 aliphatic carbocycles. The summed E-state index contributed by atoms with van der Waals surface area (Å²) in [6.07, 6.45) is 0. The average molecular weight is 267 g/mol. The highest BCUT2D eigenvalue weighted by Gasteiger charge is 2.40. The van der Waals surface area contributed by atoms with Gasteiger partial charge in [-0.05, 0) is 24.7 Å². The van der Waals surface area contributed by atoms with E-state index < -0.39 is 0 Å². The molecular weight excluding hydrogens is 246 g/mol. The largest absolute Gasteiger partial charge is 0.493 e. The zero-order valence-corrected chi connectivity index (χ0v) is 11.9. The lowest BCUT2D eigenvalue weighted by Gasteiger charge is -2.42. The van der Waals surface area contributed by atoms with Crippen LogP contribution in [0.1, 0.15) is 5.56 Å². The van der Waals surface area contributed by atoms with E-state index in [1.807, 2.05) is 19.2 Å². The summed E-state index contributed by atoms with van der Waals surface area (Å²) in [7, 11) is 6.81. The molecule has 1 N–H and O–H groups in total. The van der Waals surface area contributed by atoms with Crippen LogP contribution in [0.15, 0.2) is 12.1 Å². The van der Waals surface area contributed by atoms with Gasteiger partial charge in [0.15, 0.2) is 11.5 Å². The zero-order valence-electron chi connectivity index (χ0n) is 11.9. The van der Waals surface area contributed by atoms with Crippen molar-refractivity contribution in [3.63, 3.8) is 0 Å². The number of hydrogen-bond acceptors (Lipinski definition) is 5. The first-order valence-corrected chi connectivity index (χ1v) is 6.23. The van der Waals surface area contributed by atoms with Crippen LogP contribution in [0.3, 0.4) is 0 Å². The second-order valence-corrected chi connectivity index (χ2v) is 4.72. The third-order valence-corrected chi connectivity index (χ3v) is 3.55. The third-order valence-electron chi connectivity index (χ3n) is 3.55. The van der Waals surface area contributed by atoms with Crippen molar-refractivity contribution >= 4 is 0 Å². The summed E-state index contributed by atoms with van der Waals surface area (Å²) in [5.41, 5.74) is 1.13. The summed E-state index contributed by atoms with van der Waals surface area (Å²) in [5, 5.41) is 3.22. The van der Waals surface area contributed by atoms with Crippen LogP contribution in [0, 0.1) is 0 Å². The van der Waals surface area contributed by atoms with E-state index in [-0.39, 0.29) is 5.41 Å². The molecule has 5 heteroatoms. The Kier molecular flexibility index (Phi) is 4.17. The van der Waals surface area contributed by atoms with Gasteiger partial charge < -0.3 is 24.3 Å². The Morgan fingerprint density at radius 2 is 1.68 bits per heavy atom. The first-order chi connectivity index (χ1) is 9.20. The van der Waals surface area contributed by atoms with Gasteiger partial charge in [-0.2, -0.15) is 0 Å². The second kappa shape index (κ2) is 5.67. The maximum atomic E-state index is 5.40. The minimum Gasteiger partial charge on any atom is -0.493 e. The van der Waals surface area contributed by atoms with E-state index in [0.29, 0.717) is 30.5 Å². The molecule has 0 radical (unpaired) electrons. The molecule has 0 amide bonds. The maximum Gasteiger partial charge on any atom is 0.203 e. The molecule has 0 bridgehead atoms. The van der Waals surface area contributed by atoms with Gasteiger partial charge in [-0.3, -0.25) is 0 Å². The van der Waals surface area contributed by atoms with Gasteiger partial charge in [0.1, 0.15) is 0 Å². The molecule has 1 aliphatic heterocycles. The van der Waals surface area contributed by atoms with Crippen molar-refractivity contribution in [2.45, 2.75) is 5.41 Å². The predicted molar refractivity (Wildman–Crippen MR) is 72.5 cm³/mol. The lowest BCUT2D eigenvalue weighted by molar-refractivity contribution is -0.0584. The molecule has 1 saturated heterocycles. The van der Waals surface area contributed by atoms with E-state index >= 15 is 0 Å². The Morgan fingerprint density at radius 3 is 2.00 bits per heavy atom. The molecule has 0 saturated carbocycles. The zero-order chi connectivity index (χ0) is 13.9. The topological polar surface area (TPSA) is 49.0 Å². The van der Waals surface area contributed by atoms with Crippen molar-refractivity contribution < 1.29 is 18.9 Å². The minimum atomic E-state index is -0.0123. The lowest BCUT2D eigenvalue weighted by Crippen LogP contribution is -2.52. The Labute approximate surface area is 113 Å². The maximum absolute atomic E-state index is 5.40. The molecule has 1 fully saturated rings. The number of hydrogen-bond donors (Lipinski definition) is 1. The van der Waals surface area contributed by atoms with Crippen molar-refractivity contribution in [2.75, 3.05) is 48.1 Å². The van der Waals surface area contributed by atoms with E-state index in [1.54, 1.807) is 21.3 Å². The Morgan fingerprint density at radius 1 is 1.11 bits per heavy atom. The first kappa shape index (κ1) is 14.0. The molecule has 2 rings (SSSR count). The van der Waals surface area contributed by atoms with Gasteiger partial charge in [-0.25, -0.2) is 0 Å². The molecule has 0 unspecified atom stereocenters. The van der Waals surface area contributed by atoms with E-state index in [1.165, 1.54) is 0 Å². The van der Waals surface area contributed by atoms with Crippen LogP contribution in [0.4, 0.5) is 0 Å². The quantitative estimate of drug-likeness (QED) is 0.839. The predicted octanol–water partition coefficient (Wildman–Crippen LogP) is 1.20. The van der Waals surface area contributed by atoms with E-state index in [2.05, 4.69) is 5.32 Å². The van der Waals surface area contributed by atoms with Gasteiger partial charge in [-0.1, -0.05) is 0 Å². The van der Waals surface area contributed by atoms with Crippen molar-refractivity contribution in [3.8, 4) is 17.2 Å². The normalized spacial score (nSPS) is 16.6. The van der Waals surface area contributed by atoms with Crippen molar-refractivity contribution in [1.82, 2.24) is 5.32 Å². The Hall–Kier alpha value is -1.46. The number of methoxy groups -OCH3 is 3. The Bertz CT molecular complexity index is 418. The van der Waals surface area contributed by atoms with Crippen LogP contribution >= 0.6 is 0 Å². The van der Waals surface area contributed by atoms with Gasteiger partial charge in [0.25, 0.3) is 0 Å². The van der Waals surface area contributed by atoms with E-state index in [4.69, 9.17) is 18.9 Å². The van der Waals surface area contributed by atoms with E-state index in [9.17, 15) is 0 Å². The van der Waals surface area contributed by atoms with Gasteiger partial charge in [0.05, 0.1) is 40.0 Å². The van der Waals surface area contributed by atoms with Crippen molar-refractivity contribution in [2.24, 2.45) is 0 Å². The molecule has 19 heavy (non-hydrogen) atoms. The smallest absolute Gasteiger partial charge is 0.203 e. The van der Waals surface area contributed by atoms with Gasteiger partial charge >= 0.3 is 0 Å². The fourth-order valence-corrected chi connectivity index (χ4v) is 2.44. The monoisotopic (exact) mass is 267 g/mol. The van der Waals surface area contributed by atoms with Crippen LogP contribution < -0.4 is 19.5 Å². The summed E-state index contributed by atoms with van der Waals surface area (Å²) in [4.78, 5) is 0. The second-order valence-electron chi connectivity index (χ2n) is 4.72. The van der Waals surface area contributed by atoms with Crippen LogP contribution in [0.2, 0.25) is 0 Å². The molecule has 1 aromatic rings. The van der Waals surface area contributed by atoms with Gasteiger partial charge in [0, 0.05) is 6.54 Å². The number of rotatable bonds is 6. The Balaban J connectivity index is 2.46. The summed E-state index contributed by atoms with van der Waals surface area (Å²) in [6, 6.07) is 4.00. The highest BCUT2D eigenvalue weighted by molar-refractivity contribution is 5.55. The van der Waals surface area contributed by atoms with Crippen molar-refractivity contribution in [1.29, 1.82) is 0 Å². The molecule has 5 nitrogen and oxygen atoms in total. The number of benzene rings is 1. The highest BCUT2D eigenvalue weighted by atomic mass is 16.5.